The zero-order valence-corrected chi connectivity index (χ0v) is 18.3. The number of hydrogen-bond donors (Lipinski definition) is 5. The molecule has 0 unspecified atom stereocenters. The van der Waals surface area contributed by atoms with Crippen molar-refractivity contribution in [3.63, 3.8) is 0 Å². The molecule has 0 saturated carbocycles. The second-order valence-corrected chi connectivity index (χ2v) is 7.68. The Morgan fingerprint density at radius 3 is 2.47 bits per heavy atom. The van der Waals surface area contributed by atoms with Crippen molar-refractivity contribution in [3.8, 4) is 0 Å². The molecule has 2 fully saturated rings. The number of benzene rings is 1. The van der Waals surface area contributed by atoms with E-state index in [1.165, 1.54) is 12.0 Å². The van der Waals surface area contributed by atoms with Crippen molar-refractivity contribution in [1.82, 2.24) is 25.8 Å². The van der Waals surface area contributed by atoms with Gasteiger partial charge in [-0.2, -0.15) is 0 Å². The van der Waals surface area contributed by atoms with Crippen LogP contribution in [0.2, 0.25) is 0 Å². The zero-order chi connectivity index (χ0) is 22.2. The summed E-state index contributed by atoms with van der Waals surface area (Å²) in [4.78, 5) is 15.4. The number of aromatic nitrogens is 2. The predicted molar refractivity (Wildman–Crippen MR) is 126 cm³/mol. The van der Waals surface area contributed by atoms with E-state index >= 15 is 0 Å². The maximum absolute atomic E-state index is 5.90. The normalized spacial score (nSPS) is 17.7. The maximum Gasteiger partial charge on any atom is 0.231 e. The molecule has 172 valence electrons. The monoisotopic (exact) mass is 441 g/mol. The SMILES string of the molecule is CN1CCN(c2cc(NN/C(N)=N\NNc3ccc(N4CCOCC4)cc3)ncn2)CC1. The minimum Gasteiger partial charge on any atom is -0.378 e. The fourth-order valence-corrected chi connectivity index (χ4v) is 3.51. The number of rotatable bonds is 7. The van der Waals surface area contributed by atoms with Crippen LogP contribution in [0, 0.1) is 0 Å². The summed E-state index contributed by atoms with van der Waals surface area (Å²) < 4.78 is 5.39. The standard InChI is InChI=1S/C20H31N11O/c1-29-6-8-31(9-7-29)19-14-18(22-15-23-19)25-26-20(21)27-28-24-16-2-4-17(5-3-16)30-10-12-32-13-11-30/h2-5,14-15,24,28H,6-13H2,1H3,(H3,21,26,27)(H,22,23,25). The third-order valence-electron chi connectivity index (χ3n) is 5.42. The number of nitrogens with zero attached hydrogens (tertiary/aromatic N) is 6. The van der Waals surface area contributed by atoms with Crippen LogP contribution >= 0.6 is 0 Å². The van der Waals surface area contributed by atoms with Gasteiger partial charge in [-0.15, -0.1) is 5.10 Å². The van der Waals surface area contributed by atoms with Crippen molar-refractivity contribution in [1.29, 1.82) is 0 Å². The van der Waals surface area contributed by atoms with Crippen LogP contribution in [0.5, 0.6) is 0 Å². The molecule has 0 spiro atoms. The van der Waals surface area contributed by atoms with Crippen LogP contribution in [0.4, 0.5) is 23.0 Å². The number of hydrogen-bond acceptors (Lipinski definition) is 10. The van der Waals surface area contributed by atoms with E-state index in [1.807, 2.05) is 18.2 Å². The average Bonchev–Trinajstić information content (AvgIpc) is 2.84. The molecule has 2 aliphatic rings. The van der Waals surface area contributed by atoms with Gasteiger partial charge in [0.05, 0.1) is 18.9 Å². The average molecular weight is 442 g/mol. The Balaban J connectivity index is 1.22. The molecule has 12 nitrogen and oxygen atoms in total. The highest BCUT2D eigenvalue weighted by Gasteiger charge is 2.15. The number of piperazine rings is 1. The van der Waals surface area contributed by atoms with Crippen LogP contribution in [-0.4, -0.2) is 80.4 Å². The molecule has 2 saturated heterocycles. The van der Waals surface area contributed by atoms with Gasteiger partial charge < -0.3 is 25.2 Å². The van der Waals surface area contributed by atoms with Crippen LogP contribution in [0.25, 0.3) is 0 Å². The van der Waals surface area contributed by atoms with E-state index in [4.69, 9.17) is 10.5 Å². The van der Waals surface area contributed by atoms with Gasteiger partial charge in [-0.3, -0.25) is 16.3 Å². The lowest BCUT2D eigenvalue weighted by Gasteiger charge is -2.33. The number of nitrogens with two attached hydrogens (primary N) is 1. The molecule has 0 bridgehead atoms. The van der Waals surface area contributed by atoms with Crippen LogP contribution in [0.1, 0.15) is 0 Å². The lowest BCUT2D eigenvalue weighted by Crippen LogP contribution is -2.45. The number of ether oxygens (including phenoxy) is 1. The number of morpholine rings is 1. The molecule has 0 amide bonds. The van der Waals surface area contributed by atoms with E-state index < -0.39 is 0 Å². The lowest BCUT2D eigenvalue weighted by atomic mass is 10.2. The molecule has 1 aromatic heterocycles. The molecular weight excluding hydrogens is 410 g/mol. The Hall–Kier alpha value is -3.51. The van der Waals surface area contributed by atoms with Gasteiger partial charge in [-0.25, -0.2) is 15.5 Å². The molecule has 3 heterocycles. The van der Waals surface area contributed by atoms with Crippen LogP contribution in [0.3, 0.4) is 0 Å². The van der Waals surface area contributed by atoms with Gasteiger partial charge >= 0.3 is 0 Å². The number of nitrogens with one attached hydrogen (secondary N) is 4. The number of hydrazine groups is 2. The summed E-state index contributed by atoms with van der Waals surface area (Å²) in [5.41, 5.74) is 19.4. The van der Waals surface area contributed by atoms with Gasteiger partial charge in [0, 0.05) is 51.0 Å². The summed E-state index contributed by atoms with van der Waals surface area (Å²) in [6.45, 7) is 7.26. The fourth-order valence-electron chi connectivity index (χ4n) is 3.51. The fraction of sp³-hybridized carbons (Fsp3) is 0.450. The van der Waals surface area contributed by atoms with Crippen molar-refractivity contribution in [2.75, 3.05) is 80.2 Å². The van der Waals surface area contributed by atoms with Crippen molar-refractivity contribution < 1.29 is 4.74 Å². The quantitative estimate of drug-likeness (QED) is 0.223. The largest absolute Gasteiger partial charge is 0.378 e. The van der Waals surface area contributed by atoms with Crippen molar-refractivity contribution in [3.05, 3.63) is 36.7 Å². The van der Waals surface area contributed by atoms with E-state index in [0.717, 1.165) is 64.0 Å². The third kappa shape index (κ3) is 6.02. The zero-order valence-electron chi connectivity index (χ0n) is 18.3. The predicted octanol–water partition coefficient (Wildman–Crippen LogP) is -0.172. The van der Waals surface area contributed by atoms with Gasteiger partial charge in [0.15, 0.2) is 0 Å². The van der Waals surface area contributed by atoms with Gasteiger partial charge in [-0.1, -0.05) is 0 Å². The van der Waals surface area contributed by atoms with Crippen LogP contribution < -0.4 is 37.3 Å². The Morgan fingerprint density at radius 1 is 0.969 bits per heavy atom. The molecule has 0 radical (unpaired) electrons. The Bertz CT molecular complexity index is 877. The summed E-state index contributed by atoms with van der Waals surface area (Å²) in [6, 6.07) is 9.98. The number of guanidine groups is 1. The molecule has 0 atom stereocenters. The smallest absolute Gasteiger partial charge is 0.231 e. The number of anilines is 4. The summed E-state index contributed by atoms with van der Waals surface area (Å²) in [5.74, 6) is 1.65. The number of hydrazone groups is 1. The molecule has 4 rings (SSSR count). The van der Waals surface area contributed by atoms with E-state index in [2.05, 4.69) is 70.8 Å². The molecule has 1 aromatic carbocycles. The minimum absolute atomic E-state index is 0.155. The van der Waals surface area contributed by atoms with E-state index in [1.54, 1.807) is 0 Å². The first kappa shape index (κ1) is 21.7. The third-order valence-corrected chi connectivity index (χ3v) is 5.42. The highest BCUT2D eigenvalue weighted by molar-refractivity contribution is 5.78. The van der Waals surface area contributed by atoms with Gasteiger partial charge in [0.25, 0.3) is 0 Å². The topological polar surface area (TPSA) is 131 Å². The maximum atomic E-state index is 5.90. The molecule has 6 N–H and O–H groups in total. The minimum atomic E-state index is 0.155. The molecule has 0 aliphatic carbocycles. The molecule has 32 heavy (non-hydrogen) atoms. The van der Waals surface area contributed by atoms with Crippen molar-refractivity contribution in [2.24, 2.45) is 10.8 Å². The first-order valence-electron chi connectivity index (χ1n) is 10.7. The first-order valence-corrected chi connectivity index (χ1v) is 10.7. The summed E-state index contributed by atoms with van der Waals surface area (Å²) >= 11 is 0. The Labute approximate surface area is 187 Å². The van der Waals surface area contributed by atoms with E-state index in [9.17, 15) is 0 Å². The summed E-state index contributed by atoms with van der Waals surface area (Å²) in [6.07, 6.45) is 1.53. The van der Waals surface area contributed by atoms with E-state index in [-0.39, 0.29) is 5.96 Å². The number of likely N-dealkylation sites (N-methyl/N-ethyl adjacent to an activating group) is 1. The highest BCUT2D eigenvalue weighted by atomic mass is 16.5. The molecule has 2 aromatic rings. The summed E-state index contributed by atoms with van der Waals surface area (Å²) in [5, 5.41) is 4.04. The second-order valence-electron chi connectivity index (χ2n) is 7.68. The molecule has 2 aliphatic heterocycles. The van der Waals surface area contributed by atoms with Crippen molar-refractivity contribution in [2.45, 2.75) is 0 Å². The first-order chi connectivity index (χ1) is 15.7. The van der Waals surface area contributed by atoms with Gasteiger partial charge in [0.2, 0.25) is 5.96 Å². The van der Waals surface area contributed by atoms with Gasteiger partial charge in [0.1, 0.15) is 18.0 Å². The molecule has 12 heteroatoms. The Morgan fingerprint density at radius 2 is 1.72 bits per heavy atom. The van der Waals surface area contributed by atoms with Crippen molar-refractivity contribution >= 4 is 29.0 Å². The lowest BCUT2D eigenvalue weighted by molar-refractivity contribution is 0.122. The second kappa shape index (κ2) is 10.7. The van der Waals surface area contributed by atoms with Gasteiger partial charge in [-0.05, 0) is 31.3 Å². The summed E-state index contributed by atoms with van der Waals surface area (Å²) in [7, 11) is 2.12. The highest BCUT2D eigenvalue weighted by Crippen LogP contribution is 2.18. The van der Waals surface area contributed by atoms with E-state index in [0.29, 0.717) is 5.82 Å². The van der Waals surface area contributed by atoms with Crippen LogP contribution in [-0.2, 0) is 4.74 Å². The Kier molecular flexibility index (Phi) is 7.25. The van der Waals surface area contributed by atoms with Crippen LogP contribution in [0.15, 0.2) is 41.8 Å². The molecular formula is C20H31N11O.